The Bertz CT molecular complexity index is 983. The van der Waals surface area contributed by atoms with Gasteiger partial charge in [-0.1, -0.05) is 29.6 Å². The van der Waals surface area contributed by atoms with Gasteiger partial charge in [-0.25, -0.2) is 4.79 Å². The van der Waals surface area contributed by atoms with Crippen LogP contribution in [0.1, 0.15) is 44.1 Å². The van der Waals surface area contributed by atoms with Crippen LogP contribution < -0.4 is 9.62 Å². The molecule has 1 amide bonds. The average molecular weight is 489 g/mol. The highest BCUT2D eigenvalue weighted by molar-refractivity contribution is 7.99. The van der Waals surface area contributed by atoms with E-state index in [1.807, 2.05) is 23.3 Å². The molecule has 1 aromatic heterocycles. The summed E-state index contributed by atoms with van der Waals surface area (Å²) in [6.45, 7) is 5.88. The van der Waals surface area contributed by atoms with E-state index in [-0.39, 0.29) is 11.6 Å². The monoisotopic (exact) mass is 488 g/mol. The fourth-order valence-electron chi connectivity index (χ4n) is 5.78. The lowest BCUT2D eigenvalue weighted by Crippen LogP contribution is -2.53. The number of nitrogens with zero attached hydrogens (tertiary/aromatic N) is 5. The minimum Gasteiger partial charge on any atom is -0.371 e. The number of nitrogens with one attached hydrogen (secondary N) is 1. The first-order valence-corrected chi connectivity index (χ1v) is 13.6. The Morgan fingerprint density at radius 1 is 1.09 bits per heavy atom. The second-order valence-corrected chi connectivity index (χ2v) is 10.5. The third-order valence-corrected chi connectivity index (χ3v) is 8.20. The summed E-state index contributed by atoms with van der Waals surface area (Å²) in [6.07, 6.45) is 10.7. The summed E-state index contributed by atoms with van der Waals surface area (Å²) in [7, 11) is 0. The van der Waals surface area contributed by atoms with Crippen molar-refractivity contribution in [2.75, 3.05) is 48.6 Å². The van der Waals surface area contributed by atoms with Crippen molar-refractivity contribution < 1.29 is 4.79 Å². The predicted molar refractivity (Wildman–Crippen MR) is 136 cm³/mol. The molecule has 0 radical (unpaired) electrons. The summed E-state index contributed by atoms with van der Waals surface area (Å²) >= 11 is 7.85. The minimum absolute atomic E-state index is 0.0300. The van der Waals surface area contributed by atoms with Gasteiger partial charge in [0.05, 0.1) is 0 Å². The molecule has 9 heteroatoms. The molecule has 3 saturated heterocycles. The van der Waals surface area contributed by atoms with Crippen LogP contribution in [-0.4, -0.2) is 70.1 Å². The van der Waals surface area contributed by atoms with Gasteiger partial charge >= 0.3 is 6.03 Å². The Kier molecular flexibility index (Phi) is 6.77. The van der Waals surface area contributed by atoms with Gasteiger partial charge in [0.2, 0.25) is 0 Å². The average Bonchev–Trinajstić information content (AvgIpc) is 3.58. The van der Waals surface area contributed by atoms with Gasteiger partial charge in [-0.3, -0.25) is 4.90 Å². The van der Waals surface area contributed by atoms with Crippen molar-refractivity contribution in [1.82, 2.24) is 19.6 Å². The number of hydrogen-bond acceptors (Lipinski definition) is 6. The fourth-order valence-corrected chi connectivity index (χ4v) is 6.27. The van der Waals surface area contributed by atoms with E-state index < -0.39 is 0 Å². The standard InChI is InChI=1S/C24H33ClN6OS/c1-33-27-22-7-14-31(26-22)23(32)29-15-9-24(10-16-29)8-4-13-30(24)18-19-5-6-20(25)17-21(19)28-11-2-3-12-28/h5-7,14,17H,2-4,8-13,15-16,18H2,1H3,(H,26,27). The van der Waals surface area contributed by atoms with Gasteiger partial charge in [-0.2, -0.15) is 4.68 Å². The van der Waals surface area contributed by atoms with E-state index in [0.29, 0.717) is 5.82 Å². The van der Waals surface area contributed by atoms with E-state index in [1.54, 1.807) is 6.20 Å². The van der Waals surface area contributed by atoms with E-state index in [0.717, 1.165) is 57.1 Å². The topological polar surface area (TPSA) is 56.6 Å². The van der Waals surface area contributed by atoms with Crippen LogP contribution in [0.2, 0.25) is 5.02 Å². The molecular formula is C24H33ClN6OS. The van der Waals surface area contributed by atoms with E-state index in [4.69, 9.17) is 11.6 Å². The molecule has 1 spiro atoms. The quantitative estimate of drug-likeness (QED) is 0.602. The van der Waals surface area contributed by atoms with Gasteiger partial charge in [-0.05, 0) is 62.8 Å². The van der Waals surface area contributed by atoms with Crippen LogP contribution in [0.25, 0.3) is 0 Å². The van der Waals surface area contributed by atoms with Crippen molar-refractivity contribution in [3.05, 3.63) is 41.0 Å². The Balaban J connectivity index is 1.26. The lowest BCUT2D eigenvalue weighted by atomic mass is 9.84. The zero-order chi connectivity index (χ0) is 22.8. The van der Waals surface area contributed by atoms with Crippen molar-refractivity contribution in [2.45, 2.75) is 50.6 Å². The molecule has 4 heterocycles. The smallest absolute Gasteiger partial charge is 0.344 e. The van der Waals surface area contributed by atoms with E-state index in [2.05, 4.69) is 31.8 Å². The number of piperidine rings is 1. The largest absolute Gasteiger partial charge is 0.371 e. The van der Waals surface area contributed by atoms with E-state index in [1.165, 1.54) is 53.6 Å². The van der Waals surface area contributed by atoms with E-state index >= 15 is 0 Å². The molecule has 7 nitrogen and oxygen atoms in total. The second kappa shape index (κ2) is 9.76. The summed E-state index contributed by atoms with van der Waals surface area (Å²) in [4.78, 5) is 20.1. The van der Waals surface area contributed by atoms with Crippen molar-refractivity contribution in [3.63, 3.8) is 0 Å². The van der Waals surface area contributed by atoms with Gasteiger partial charge in [0, 0.05) is 67.5 Å². The minimum atomic E-state index is -0.0300. The number of likely N-dealkylation sites (tertiary alicyclic amines) is 2. The molecule has 178 valence electrons. The number of halogens is 1. The number of aromatic nitrogens is 2. The molecule has 1 N–H and O–H groups in total. The Morgan fingerprint density at radius 3 is 2.64 bits per heavy atom. The molecule has 0 aliphatic carbocycles. The number of amides is 1. The van der Waals surface area contributed by atoms with Crippen molar-refractivity contribution in [2.24, 2.45) is 0 Å². The number of rotatable bonds is 5. The zero-order valence-electron chi connectivity index (χ0n) is 19.3. The molecule has 2 aromatic rings. The van der Waals surface area contributed by atoms with Crippen LogP contribution in [0.4, 0.5) is 16.3 Å². The van der Waals surface area contributed by atoms with Gasteiger partial charge in [0.15, 0.2) is 5.82 Å². The third-order valence-electron chi connectivity index (χ3n) is 7.55. The highest BCUT2D eigenvalue weighted by Crippen LogP contribution is 2.41. The van der Waals surface area contributed by atoms with Gasteiger partial charge < -0.3 is 14.5 Å². The molecule has 33 heavy (non-hydrogen) atoms. The van der Waals surface area contributed by atoms with Crippen molar-refractivity contribution in [3.8, 4) is 0 Å². The molecule has 0 atom stereocenters. The number of benzene rings is 1. The molecule has 0 saturated carbocycles. The first kappa shape index (κ1) is 22.9. The summed E-state index contributed by atoms with van der Waals surface area (Å²) in [5.41, 5.74) is 2.88. The summed E-state index contributed by atoms with van der Waals surface area (Å²) in [5, 5.41) is 5.17. The lowest BCUT2D eigenvalue weighted by Gasteiger charge is -2.45. The normalized spacial score (nSPS) is 20.7. The van der Waals surface area contributed by atoms with Gasteiger partial charge in [0.25, 0.3) is 0 Å². The van der Waals surface area contributed by atoms with Crippen molar-refractivity contribution in [1.29, 1.82) is 0 Å². The second-order valence-electron chi connectivity index (χ2n) is 9.44. The van der Waals surface area contributed by atoms with Crippen LogP contribution in [0.3, 0.4) is 0 Å². The summed E-state index contributed by atoms with van der Waals surface area (Å²) in [5.74, 6) is 0.711. The number of carbonyl (C=O) groups is 1. The summed E-state index contributed by atoms with van der Waals surface area (Å²) < 4.78 is 4.54. The molecular weight excluding hydrogens is 456 g/mol. The highest BCUT2D eigenvalue weighted by Gasteiger charge is 2.44. The lowest BCUT2D eigenvalue weighted by molar-refractivity contribution is 0.0586. The maximum absolute atomic E-state index is 13.0. The van der Waals surface area contributed by atoms with Crippen LogP contribution in [0, 0.1) is 0 Å². The predicted octanol–water partition coefficient (Wildman–Crippen LogP) is 4.93. The Morgan fingerprint density at radius 2 is 1.88 bits per heavy atom. The Hall–Kier alpha value is -1.90. The Labute approximate surface area is 205 Å². The highest BCUT2D eigenvalue weighted by atomic mass is 35.5. The number of anilines is 2. The zero-order valence-corrected chi connectivity index (χ0v) is 20.9. The third kappa shape index (κ3) is 4.70. The molecule has 5 rings (SSSR count). The van der Waals surface area contributed by atoms with E-state index in [9.17, 15) is 4.79 Å². The molecule has 0 bridgehead atoms. The molecule has 3 fully saturated rings. The summed E-state index contributed by atoms with van der Waals surface area (Å²) in [6, 6.07) is 8.21. The SMILES string of the molecule is CSNc1ccn(C(=O)N2CCC3(CCCN3Cc3ccc(Cl)cc3N3CCCC3)CC2)n1. The molecule has 3 aliphatic rings. The number of hydrogen-bond donors (Lipinski definition) is 1. The molecule has 0 unspecified atom stereocenters. The first-order valence-electron chi connectivity index (χ1n) is 12.0. The maximum atomic E-state index is 13.0. The molecule has 3 aliphatic heterocycles. The first-order chi connectivity index (χ1) is 16.1. The van der Waals surface area contributed by atoms with Crippen molar-refractivity contribution >= 4 is 41.1 Å². The fraction of sp³-hybridized carbons (Fsp3) is 0.583. The van der Waals surface area contributed by atoms with Crippen LogP contribution >= 0.6 is 23.5 Å². The van der Waals surface area contributed by atoms with Gasteiger partial charge in [-0.15, -0.1) is 5.10 Å². The maximum Gasteiger partial charge on any atom is 0.344 e. The van der Waals surface area contributed by atoms with Crippen LogP contribution in [0.15, 0.2) is 30.5 Å². The van der Waals surface area contributed by atoms with Crippen LogP contribution in [-0.2, 0) is 6.54 Å². The van der Waals surface area contributed by atoms with Crippen LogP contribution in [0.5, 0.6) is 0 Å². The molecule has 1 aromatic carbocycles. The number of carbonyl (C=O) groups excluding carboxylic acids is 1. The van der Waals surface area contributed by atoms with Gasteiger partial charge in [0.1, 0.15) is 0 Å².